The zero-order chi connectivity index (χ0) is 14.6. The number of carboxylic acids is 1. The Labute approximate surface area is 112 Å². The van der Waals surface area contributed by atoms with E-state index in [4.69, 9.17) is 9.84 Å². The second-order valence-corrected chi connectivity index (χ2v) is 4.72. The lowest BCUT2D eigenvalue weighted by molar-refractivity contribution is -0.121. The fourth-order valence-electron chi connectivity index (χ4n) is 1.72. The van der Waals surface area contributed by atoms with Crippen molar-refractivity contribution < 1.29 is 19.4 Å². The molecule has 0 atom stereocenters. The summed E-state index contributed by atoms with van der Waals surface area (Å²) in [5.41, 5.74) is 1.98. The highest BCUT2D eigenvalue weighted by molar-refractivity contribution is 6.02. The van der Waals surface area contributed by atoms with Crippen LogP contribution in [0.3, 0.4) is 0 Å². The zero-order valence-corrected chi connectivity index (χ0v) is 11.6. The Bertz CT molecular complexity index is 494. The van der Waals surface area contributed by atoms with Crippen LogP contribution in [0.5, 0.6) is 0 Å². The third-order valence-corrected chi connectivity index (χ3v) is 2.52. The van der Waals surface area contributed by atoms with Crippen LogP contribution in [0.1, 0.15) is 35.3 Å². The fraction of sp³-hybridized carbons (Fsp3) is 0.429. The maximum Gasteiger partial charge on any atom is 0.337 e. The molecule has 0 aliphatic heterocycles. The van der Waals surface area contributed by atoms with Crippen LogP contribution in [0.25, 0.3) is 0 Å². The number of hydrogen-bond acceptors (Lipinski definition) is 3. The van der Waals surface area contributed by atoms with Crippen molar-refractivity contribution in [2.24, 2.45) is 0 Å². The van der Waals surface area contributed by atoms with E-state index in [-0.39, 0.29) is 24.2 Å². The Hall–Kier alpha value is -1.88. The van der Waals surface area contributed by atoms with Crippen LogP contribution in [0.4, 0.5) is 5.69 Å². The van der Waals surface area contributed by atoms with Crippen LogP contribution in [0, 0.1) is 13.8 Å². The third-order valence-electron chi connectivity index (χ3n) is 2.52. The Morgan fingerprint density at radius 2 is 1.95 bits per heavy atom. The van der Waals surface area contributed by atoms with Crippen LogP contribution < -0.4 is 5.32 Å². The number of rotatable bonds is 5. The molecule has 0 saturated carbocycles. The maximum atomic E-state index is 11.7. The second kappa shape index (κ2) is 6.33. The predicted molar refractivity (Wildman–Crippen MR) is 72.6 cm³/mol. The molecule has 5 heteroatoms. The quantitative estimate of drug-likeness (QED) is 0.857. The van der Waals surface area contributed by atoms with Gasteiger partial charge in [-0.25, -0.2) is 4.79 Å². The lowest BCUT2D eigenvalue weighted by atomic mass is 10.0. The Balaban J connectivity index is 2.94. The predicted octanol–water partition coefficient (Wildman–Crippen LogP) is 2.37. The smallest absolute Gasteiger partial charge is 0.337 e. The summed E-state index contributed by atoms with van der Waals surface area (Å²) in [5, 5.41) is 11.8. The SMILES string of the molecule is Cc1cc(C)c(NC(=O)COC(C)C)c(C(=O)O)c1. The van der Waals surface area contributed by atoms with Gasteiger partial charge in [-0.2, -0.15) is 0 Å². The largest absolute Gasteiger partial charge is 0.478 e. The van der Waals surface area contributed by atoms with Crippen molar-refractivity contribution in [3.05, 3.63) is 28.8 Å². The van der Waals surface area contributed by atoms with E-state index in [1.165, 1.54) is 6.07 Å². The highest BCUT2D eigenvalue weighted by Crippen LogP contribution is 2.22. The number of aromatic carboxylic acids is 1. The van der Waals surface area contributed by atoms with Crippen LogP contribution in [-0.4, -0.2) is 29.7 Å². The lowest BCUT2D eigenvalue weighted by Gasteiger charge is -2.13. The van der Waals surface area contributed by atoms with Gasteiger partial charge in [0.1, 0.15) is 6.61 Å². The molecule has 0 heterocycles. The van der Waals surface area contributed by atoms with Gasteiger partial charge in [0.05, 0.1) is 17.4 Å². The van der Waals surface area contributed by atoms with E-state index in [2.05, 4.69) is 5.32 Å². The maximum absolute atomic E-state index is 11.7. The molecule has 1 aromatic carbocycles. The van der Waals surface area contributed by atoms with Crippen molar-refractivity contribution in [1.29, 1.82) is 0 Å². The average molecular weight is 265 g/mol. The molecule has 19 heavy (non-hydrogen) atoms. The van der Waals surface area contributed by atoms with E-state index in [0.717, 1.165) is 11.1 Å². The summed E-state index contributed by atoms with van der Waals surface area (Å²) in [6.07, 6.45) is -0.0520. The molecule has 0 spiro atoms. The first-order chi connectivity index (χ1) is 8.81. The van der Waals surface area contributed by atoms with Crippen LogP contribution >= 0.6 is 0 Å². The summed E-state index contributed by atoms with van der Waals surface area (Å²) < 4.78 is 5.18. The Morgan fingerprint density at radius 3 is 2.47 bits per heavy atom. The second-order valence-electron chi connectivity index (χ2n) is 4.72. The van der Waals surface area contributed by atoms with Crippen LogP contribution in [0.2, 0.25) is 0 Å². The molecule has 0 aliphatic rings. The van der Waals surface area contributed by atoms with Crippen molar-refractivity contribution in [3.63, 3.8) is 0 Å². The third kappa shape index (κ3) is 4.37. The van der Waals surface area contributed by atoms with Gasteiger partial charge in [-0.1, -0.05) is 6.07 Å². The topological polar surface area (TPSA) is 75.6 Å². The molecule has 2 N–H and O–H groups in total. The van der Waals surface area contributed by atoms with Crippen LogP contribution in [0.15, 0.2) is 12.1 Å². The first-order valence-corrected chi connectivity index (χ1v) is 6.07. The molecule has 0 bridgehead atoms. The molecule has 0 aliphatic carbocycles. The van der Waals surface area contributed by atoms with Crippen molar-refractivity contribution >= 4 is 17.6 Å². The van der Waals surface area contributed by atoms with Crippen molar-refractivity contribution in [2.75, 3.05) is 11.9 Å². The number of amides is 1. The molecule has 5 nitrogen and oxygen atoms in total. The van der Waals surface area contributed by atoms with Gasteiger partial charge < -0.3 is 15.2 Å². The van der Waals surface area contributed by atoms with Crippen molar-refractivity contribution in [3.8, 4) is 0 Å². The normalized spacial score (nSPS) is 10.6. The monoisotopic (exact) mass is 265 g/mol. The van der Waals surface area contributed by atoms with Gasteiger partial charge in [0.25, 0.3) is 0 Å². The molecule has 1 aromatic rings. The molecule has 0 saturated heterocycles. The van der Waals surface area contributed by atoms with E-state index in [1.54, 1.807) is 6.92 Å². The molecule has 1 rings (SSSR count). The average Bonchev–Trinajstić information content (AvgIpc) is 2.29. The zero-order valence-electron chi connectivity index (χ0n) is 11.6. The van der Waals surface area contributed by atoms with Gasteiger partial charge in [-0.15, -0.1) is 0 Å². The molecular formula is C14H19NO4. The van der Waals surface area contributed by atoms with E-state index in [0.29, 0.717) is 5.69 Å². The number of carbonyl (C=O) groups is 2. The summed E-state index contributed by atoms with van der Waals surface area (Å²) in [7, 11) is 0. The van der Waals surface area contributed by atoms with Gasteiger partial charge in [0.2, 0.25) is 5.91 Å². The summed E-state index contributed by atoms with van der Waals surface area (Å²) in [4.78, 5) is 22.9. The number of anilines is 1. The number of benzene rings is 1. The summed E-state index contributed by atoms with van der Waals surface area (Å²) in [6.45, 7) is 7.13. The number of nitrogens with one attached hydrogen (secondary N) is 1. The molecule has 0 radical (unpaired) electrons. The highest BCUT2D eigenvalue weighted by Gasteiger charge is 2.15. The van der Waals surface area contributed by atoms with Crippen molar-refractivity contribution in [1.82, 2.24) is 0 Å². The summed E-state index contributed by atoms with van der Waals surface area (Å²) >= 11 is 0. The Morgan fingerprint density at radius 1 is 1.32 bits per heavy atom. The molecule has 1 amide bonds. The van der Waals surface area contributed by atoms with Gasteiger partial charge >= 0.3 is 5.97 Å². The Kier molecular flexibility index (Phi) is 5.06. The van der Waals surface area contributed by atoms with E-state index < -0.39 is 5.97 Å². The first kappa shape index (κ1) is 15.2. The molecular weight excluding hydrogens is 246 g/mol. The number of ether oxygens (including phenoxy) is 1. The minimum absolute atomic E-state index is 0.0520. The first-order valence-electron chi connectivity index (χ1n) is 6.07. The number of carboxylic acid groups (broad SMARTS) is 1. The van der Waals surface area contributed by atoms with E-state index in [9.17, 15) is 9.59 Å². The van der Waals surface area contributed by atoms with E-state index >= 15 is 0 Å². The minimum Gasteiger partial charge on any atom is -0.478 e. The molecule has 104 valence electrons. The van der Waals surface area contributed by atoms with Gasteiger partial charge in [0, 0.05) is 0 Å². The number of carbonyl (C=O) groups excluding carboxylic acids is 1. The molecule has 0 aromatic heterocycles. The number of aryl methyl sites for hydroxylation is 2. The number of hydrogen-bond donors (Lipinski definition) is 2. The molecule has 0 fully saturated rings. The highest BCUT2D eigenvalue weighted by atomic mass is 16.5. The fourth-order valence-corrected chi connectivity index (χ4v) is 1.72. The summed E-state index contributed by atoms with van der Waals surface area (Å²) in [6, 6.07) is 3.36. The van der Waals surface area contributed by atoms with Gasteiger partial charge in [0.15, 0.2) is 0 Å². The standard InChI is InChI=1S/C14H19NO4/c1-8(2)19-7-12(16)15-13-10(4)5-9(3)6-11(13)14(17)18/h5-6,8H,7H2,1-4H3,(H,15,16)(H,17,18). The van der Waals surface area contributed by atoms with E-state index in [1.807, 2.05) is 26.8 Å². The van der Waals surface area contributed by atoms with Gasteiger partial charge in [-0.05, 0) is 44.9 Å². The van der Waals surface area contributed by atoms with Crippen molar-refractivity contribution in [2.45, 2.75) is 33.8 Å². The van der Waals surface area contributed by atoms with Crippen LogP contribution in [-0.2, 0) is 9.53 Å². The summed E-state index contributed by atoms with van der Waals surface area (Å²) in [5.74, 6) is -1.42. The minimum atomic E-state index is -1.06. The molecule has 0 unspecified atom stereocenters. The van der Waals surface area contributed by atoms with Gasteiger partial charge in [-0.3, -0.25) is 4.79 Å². The lowest BCUT2D eigenvalue weighted by Crippen LogP contribution is -2.22.